The predicted molar refractivity (Wildman–Crippen MR) is 282 cm³/mol. The normalized spacial score (nSPS) is 17.7. The summed E-state index contributed by atoms with van der Waals surface area (Å²) in [4.78, 5) is 0. The molecule has 4 aliphatic carbocycles. The van der Waals surface area contributed by atoms with E-state index in [2.05, 4.69) is 233 Å². The van der Waals surface area contributed by atoms with Gasteiger partial charge in [0.05, 0.1) is 16.6 Å². The number of rotatable bonds is 9. The largest absolute Gasteiger partial charge is 0.483 e. The van der Waals surface area contributed by atoms with Crippen LogP contribution in [0, 0.1) is 6.92 Å². The minimum atomic E-state index is 0.0276. The molecule has 2 nitrogen and oxygen atoms in total. The van der Waals surface area contributed by atoms with Gasteiger partial charge in [-0.2, -0.15) is 0 Å². The van der Waals surface area contributed by atoms with Crippen molar-refractivity contribution in [3.8, 4) is 22.6 Å². The van der Waals surface area contributed by atoms with E-state index in [9.17, 15) is 0 Å². The molecule has 2 heteroatoms. The van der Waals surface area contributed by atoms with E-state index in [1.807, 2.05) is 0 Å². The fraction of sp³-hybridized carbons (Fsp3) is 0.188. The molecule has 0 N–H and O–H groups in total. The van der Waals surface area contributed by atoms with Gasteiger partial charge in [-0.1, -0.05) is 190 Å². The van der Waals surface area contributed by atoms with Crippen LogP contribution in [0.2, 0.25) is 0 Å². The molecule has 2 unspecified atom stereocenters. The summed E-state index contributed by atoms with van der Waals surface area (Å²) >= 11 is 0. The van der Waals surface area contributed by atoms with E-state index >= 15 is 0 Å². The average molecular weight is 858 g/mol. The van der Waals surface area contributed by atoms with Gasteiger partial charge < -0.3 is 9.30 Å². The van der Waals surface area contributed by atoms with Gasteiger partial charge in [-0.25, -0.2) is 0 Å². The third-order valence-corrected chi connectivity index (χ3v) is 13.7. The van der Waals surface area contributed by atoms with Crippen molar-refractivity contribution in [2.45, 2.75) is 78.2 Å². The molecule has 11 rings (SSSR count). The Bertz CT molecular complexity index is 3250. The Hall–Kier alpha value is -7.16. The smallest absolute Gasteiger partial charge is 0.148 e. The van der Waals surface area contributed by atoms with Crippen molar-refractivity contribution >= 4 is 40.3 Å². The van der Waals surface area contributed by atoms with E-state index in [0.29, 0.717) is 0 Å². The Morgan fingerprint density at radius 3 is 2.50 bits per heavy atom. The molecule has 0 bridgehead atoms. The molecule has 0 radical (unpaired) electrons. The monoisotopic (exact) mass is 857 g/mol. The summed E-state index contributed by atoms with van der Waals surface area (Å²) in [5.74, 6) is 1.22. The van der Waals surface area contributed by atoms with Crippen molar-refractivity contribution in [3.63, 3.8) is 0 Å². The number of aromatic nitrogens is 1. The van der Waals surface area contributed by atoms with Gasteiger partial charge in [0.15, 0.2) is 0 Å². The molecule has 1 aliphatic heterocycles. The van der Waals surface area contributed by atoms with Crippen LogP contribution in [0.5, 0.6) is 5.75 Å². The Kier molecular flexibility index (Phi) is 12.4. The number of hydrogen-bond acceptors (Lipinski definition) is 1. The molecule has 0 amide bonds. The molecular weight excluding hydrogens is 799 g/mol. The van der Waals surface area contributed by atoms with Crippen LogP contribution < -0.4 is 15.3 Å². The topological polar surface area (TPSA) is 14.2 Å². The summed E-state index contributed by atoms with van der Waals surface area (Å²) < 4.78 is 9.25. The van der Waals surface area contributed by atoms with Gasteiger partial charge in [0.2, 0.25) is 0 Å². The van der Waals surface area contributed by atoms with Crippen molar-refractivity contribution in [2.75, 3.05) is 0 Å². The molecule has 0 spiro atoms. The molecule has 326 valence electrons. The number of para-hydroxylation sites is 1. The van der Waals surface area contributed by atoms with Crippen LogP contribution in [0.15, 0.2) is 188 Å². The van der Waals surface area contributed by atoms with Gasteiger partial charge in [0.1, 0.15) is 11.9 Å². The second kappa shape index (κ2) is 19.1. The molecule has 66 heavy (non-hydrogen) atoms. The Labute approximate surface area is 391 Å². The van der Waals surface area contributed by atoms with Crippen LogP contribution in [0.25, 0.3) is 57.1 Å². The highest BCUT2D eigenvalue weighted by molar-refractivity contribution is 5.95. The summed E-state index contributed by atoms with van der Waals surface area (Å²) in [7, 11) is 0. The average Bonchev–Trinajstić information content (AvgIpc) is 3.85. The second-order valence-corrected chi connectivity index (χ2v) is 18.0. The Morgan fingerprint density at radius 1 is 0.788 bits per heavy atom. The summed E-state index contributed by atoms with van der Waals surface area (Å²) in [5.41, 5.74) is 19.7. The molecular formula is C64H59NO. The maximum atomic E-state index is 6.78. The number of fused-ring (bicyclic) bond motifs is 9. The molecule has 1 aromatic heterocycles. The first-order chi connectivity index (χ1) is 32.5. The molecule has 0 saturated carbocycles. The molecule has 2 heterocycles. The summed E-state index contributed by atoms with van der Waals surface area (Å²) in [6.07, 6.45) is 44.0. The predicted octanol–water partition coefficient (Wildman–Crippen LogP) is 15.0. The van der Waals surface area contributed by atoms with Gasteiger partial charge in [0, 0.05) is 22.1 Å². The zero-order valence-electron chi connectivity index (χ0n) is 38.8. The quantitative estimate of drug-likeness (QED) is 0.132. The molecule has 6 aromatic rings. The minimum absolute atomic E-state index is 0.0276. The van der Waals surface area contributed by atoms with E-state index in [-0.39, 0.29) is 12.0 Å². The van der Waals surface area contributed by atoms with Crippen molar-refractivity contribution in [1.82, 2.24) is 4.57 Å². The first-order valence-electron chi connectivity index (χ1n) is 24.1. The van der Waals surface area contributed by atoms with Gasteiger partial charge >= 0.3 is 0 Å². The van der Waals surface area contributed by atoms with E-state index in [1.54, 1.807) is 0 Å². The van der Waals surface area contributed by atoms with Crippen molar-refractivity contribution in [3.05, 3.63) is 243 Å². The fourth-order valence-corrected chi connectivity index (χ4v) is 10.3. The maximum Gasteiger partial charge on any atom is 0.148 e. The SMILES string of the molecule is CCc1ccc(C2=CC=CCC=C2)cc1.C\C=C/C=C\C(=C\c1c(C)ccc2c1c1c(n2-c2cccc3c2OC2C=CC=CC32)=CC=C(c2ccc3c(c2)-c2ccccc2C3)CC=1)CCC. The van der Waals surface area contributed by atoms with Crippen molar-refractivity contribution in [1.29, 1.82) is 0 Å². The van der Waals surface area contributed by atoms with Gasteiger partial charge in [-0.3, -0.25) is 0 Å². The maximum absolute atomic E-state index is 6.78. The highest BCUT2D eigenvalue weighted by Gasteiger charge is 2.34. The molecule has 0 saturated heterocycles. The molecule has 0 fully saturated rings. The number of allylic oxidation sites excluding steroid dienone is 15. The Balaban J connectivity index is 0.000000290. The lowest BCUT2D eigenvalue weighted by Crippen LogP contribution is -2.28. The lowest BCUT2D eigenvalue weighted by Gasteiger charge is -2.14. The Morgan fingerprint density at radius 2 is 1.64 bits per heavy atom. The molecule has 5 aromatic carbocycles. The summed E-state index contributed by atoms with van der Waals surface area (Å²) in [5, 5.41) is 3.80. The van der Waals surface area contributed by atoms with E-state index in [1.165, 1.54) is 93.8 Å². The number of nitrogens with zero attached hydrogens (tertiary/aromatic N) is 1. The summed E-state index contributed by atoms with van der Waals surface area (Å²) in [6, 6.07) is 36.1. The zero-order valence-corrected chi connectivity index (χ0v) is 38.8. The van der Waals surface area contributed by atoms with Gasteiger partial charge in [0.25, 0.3) is 0 Å². The van der Waals surface area contributed by atoms with Crippen LogP contribution in [-0.2, 0) is 12.8 Å². The van der Waals surface area contributed by atoms with E-state index < -0.39 is 0 Å². The van der Waals surface area contributed by atoms with Gasteiger partial charge in [-0.05, 0) is 143 Å². The third-order valence-electron chi connectivity index (χ3n) is 13.7. The van der Waals surface area contributed by atoms with Crippen LogP contribution in [0.1, 0.15) is 96.9 Å². The first-order valence-corrected chi connectivity index (χ1v) is 24.1. The number of benzene rings is 5. The first kappa shape index (κ1) is 42.8. The lowest BCUT2D eigenvalue weighted by atomic mass is 9.92. The number of ether oxygens (including phenoxy) is 1. The van der Waals surface area contributed by atoms with Crippen LogP contribution >= 0.6 is 0 Å². The lowest BCUT2D eigenvalue weighted by molar-refractivity contribution is 0.268. The molecule has 5 aliphatic rings. The minimum Gasteiger partial charge on any atom is -0.483 e. The number of hydrogen-bond donors (Lipinski definition) is 0. The highest BCUT2D eigenvalue weighted by Crippen LogP contribution is 2.45. The fourth-order valence-electron chi connectivity index (χ4n) is 10.3. The molecule has 2 atom stereocenters. The van der Waals surface area contributed by atoms with Crippen molar-refractivity contribution in [2.24, 2.45) is 0 Å². The van der Waals surface area contributed by atoms with Crippen molar-refractivity contribution < 1.29 is 4.74 Å². The second-order valence-electron chi connectivity index (χ2n) is 18.0. The zero-order chi connectivity index (χ0) is 45.0. The highest BCUT2D eigenvalue weighted by atomic mass is 16.5. The van der Waals surface area contributed by atoms with Crippen LogP contribution in [-0.4, -0.2) is 10.7 Å². The number of aryl methyl sites for hydroxylation is 2. The standard InChI is InChI=1S/C49H43NO.C15H16/c1-4-6-7-14-33(13-5-2)29-42-32(3)21-27-45-48(42)41-26-24-34(35-22-23-37-30-36-15-8-9-16-38(36)43(37)31-35)25-28-44(41)50(45)46-19-12-18-40-39-17-10-11-20-47(39)51-49(40)46;1-2-13-9-11-15(12-10-13)14-7-5-3-4-6-8-14/h4,6-12,14-23,25-29,31,39,47H,5,13,24,30H2,1-3H3;3,5-12H,2,4H2,1H3/b6-4-,14-7-,33-29+;. The van der Waals surface area contributed by atoms with E-state index in [4.69, 9.17) is 4.74 Å². The third kappa shape index (κ3) is 8.33. The van der Waals surface area contributed by atoms with E-state index in [0.717, 1.165) is 50.0 Å². The van der Waals surface area contributed by atoms with Gasteiger partial charge in [-0.15, -0.1) is 0 Å². The summed E-state index contributed by atoms with van der Waals surface area (Å²) in [6.45, 7) is 8.77. The van der Waals surface area contributed by atoms with Crippen LogP contribution in [0.3, 0.4) is 0 Å². The van der Waals surface area contributed by atoms with Crippen LogP contribution in [0.4, 0.5) is 0 Å².